The molecular weight excluding hydrogens is 254 g/mol. The number of piperidine rings is 1. The summed E-state index contributed by atoms with van der Waals surface area (Å²) in [5.41, 5.74) is 6.19. The van der Waals surface area contributed by atoms with Gasteiger partial charge in [0, 0.05) is 13.1 Å². The molecule has 2 aliphatic rings. The number of hydrogen-bond donors (Lipinski definition) is 2. The van der Waals surface area contributed by atoms with Gasteiger partial charge in [-0.25, -0.2) is 0 Å². The molecule has 1 aliphatic heterocycles. The molecule has 3 N–H and O–H groups in total. The van der Waals surface area contributed by atoms with E-state index in [4.69, 9.17) is 10.9 Å². The molecule has 0 radical (unpaired) electrons. The van der Waals surface area contributed by atoms with Crippen molar-refractivity contribution in [3.05, 3.63) is 0 Å². The van der Waals surface area contributed by atoms with Gasteiger partial charge in [-0.05, 0) is 37.0 Å². The molecule has 0 aromatic rings. The lowest BCUT2D eigenvalue weighted by Gasteiger charge is -2.40. The third-order valence-electron chi connectivity index (χ3n) is 5.17. The molecule has 1 amide bonds. The van der Waals surface area contributed by atoms with Crippen molar-refractivity contribution < 1.29 is 10.0 Å². The summed E-state index contributed by atoms with van der Waals surface area (Å²) in [5.74, 6) is -0.410. The molecule has 0 bridgehead atoms. The minimum absolute atomic E-state index is 0.0168. The Morgan fingerprint density at radius 1 is 1.20 bits per heavy atom. The second-order valence-corrected chi connectivity index (χ2v) is 6.78. The maximum atomic E-state index is 12.6. The Hall–Kier alpha value is -1.26. The zero-order valence-corrected chi connectivity index (χ0v) is 12.6. The predicted molar refractivity (Wildman–Crippen MR) is 78.5 cm³/mol. The maximum absolute atomic E-state index is 12.6. The van der Waals surface area contributed by atoms with E-state index in [1.807, 2.05) is 18.7 Å². The summed E-state index contributed by atoms with van der Waals surface area (Å²) < 4.78 is 0. The van der Waals surface area contributed by atoms with Crippen molar-refractivity contribution in [1.82, 2.24) is 4.90 Å². The zero-order chi connectivity index (χ0) is 14.8. The van der Waals surface area contributed by atoms with Crippen LogP contribution >= 0.6 is 0 Å². The van der Waals surface area contributed by atoms with Crippen LogP contribution in [0.25, 0.3) is 0 Å². The number of carbonyl (C=O) groups is 1. The molecule has 1 atom stereocenters. The fourth-order valence-electron chi connectivity index (χ4n) is 3.84. The minimum Gasteiger partial charge on any atom is -0.409 e. The molecule has 1 spiro atoms. The van der Waals surface area contributed by atoms with Crippen LogP contribution in [0.3, 0.4) is 0 Å². The lowest BCUT2D eigenvalue weighted by atomic mass is 9.76. The Morgan fingerprint density at radius 2 is 1.75 bits per heavy atom. The average Bonchev–Trinajstić information content (AvgIpc) is 2.87. The number of likely N-dealkylation sites (tertiary alicyclic amines) is 1. The SMILES string of the molecule is CC(C)C(C(=O)N1CCC2(CCCC2)CC1)C(N)=NO. The van der Waals surface area contributed by atoms with Crippen molar-refractivity contribution in [1.29, 1.82) is 0 Å². The molecule has 1 saturated heterocycles. The van der Waals surface area contributed by atoms with Crippen molar-refractivity contribution in [3.8, 4) is 0 Å². The highest BCUT2D eigenvalue weighted by atomic mass is 16.4. The molecule has 1 aliphatic carbocycles. The van der Waals surface area contributed by atoms with E-state index in [9.17, 15) is 4.79 Å². The van der Waals surface area contributed by atoms with Crippen LogP contribution in [0, 0.1) is 17.3 Å². The number of nitrogens with zero attached hydrogens (tertiary/aromatic N) is 2. The highest BCUT2D eigenvalue weighted by molar-refractivity contribution is 6.02. The van der Waals surface area contributed by atoms with E-state index in [1.54, 1.807) is 0 Å². The first kappa shape index (κ1) is 15.1. The van der Waals surface area contributed by atoms with Crippen LogP contribution in [0.2, 0.25) is 0 Å². The van der Waals surface area contributed by atoms with Gasteiger partial charge in [0.2, 0.25) is 5.91 Å². The van der Waals surface area contributed by atoms with E-state index < -0.39 is 5.92 Å². The smallest absolute Gasteiger partial charge is 0.233 e. The number of carbonyl (C=O) groups excluding carboxylic acids is 1. The summed E-state index contributed by atoms with van der Waals surface area (Å²) in [7, 11) is 0. The molecule has 0 aromatic carbocycles. The van der Waals surface area contributed by atoms with Gasteiger partial charge in [0.15, 0.2) is 5.84 Å². The van der Waals surface area contributed by atoms with Gasteiger partial charge < -0.3 is 15.8 Å². The van der Waals surface area contributed by atoms with Gasteiger partial charge in [-0.15, -0.1) is 0 Å². The number of rotatable bonds is 3. The van der Waals surface area contributed by atoms with Crippen LogP contribution in [-0.4, -0.2) is 34.9 Å². The van der Waals surface area contributed by atoms with Gasteiger partial charge in [0.25, 0.3) is 0 Å². The van der Waals surface area contributed by atoms with Gasteiger partial charge >= 0.3 is 0 Å². The summed E-state index contributed by atoms with van der Waals surface area (Å²) in [6, 6.07) is 0. The highest BCUT2D eigenvalue weighted by Gasteiger charge is 2.40. The molecule has 1 unspecified atom stereocenters. The summed E-state index contributed by atoms with van der Waals surface area (Å²) >= 11 is 0. The van der Waals surface area contributed by atoms with Crippen molar-refractivity contribution in [2.45, 2.75) is 52.4 Å². The fourth-order valence-corrected chi connectivity index (χ4v) is 3.84. The van der Waals surface area contributed by atoms with Gasteiger partial charge in [0.1, 0.15) is 5.92 Å². The highest BCUT2D eigenvalue weighted by Crippen LogP contribution is 2.46. The summed E-state index contributed by atoms with van der Waals surface area (Å²) in [4.78, 5) is 14.5. The van der Waals surface area contributed by atoms with E-state index in [1.165, 1.54) is 25.7 Å². The molecule has 114 valence electrons. The van der Waals surface area contributed by atoms with Crippen LogP contribution in [0.5, 0.6) is 0 Å². The molecule has 1 heterocycles. The Balaban J connectivity index is 1.99. The van der Waals surface area contributed by atoms with Gasteiger partial charge in [-0.2, -0.15) is 0 Å². The summed E-state index contributed by atoms with van der Waals surface area (Å²) in [6.45, 7) is 5.51. The van der Waals surface area contributed by atoms with Gasteiger partial charge in [-0.3, -0.25) is 4.79 Å². The van der Waals surface area contributed by atoms with Crippen LogP contribution in [0.15, 0.2) is 5.16 Å². The average molecular weight is 281 g/mol. The Labute approximate surface area is 121 Å². The fraction of sp³-hybridized carbons (Fsp3) is 0.867. The standard InChI is InChI=1S/C15H27N3O2/c1-11(2)12(13(16)17-20)14(19)18-9-7-15(8-10-18)5-3-4-6-15/h11-12,20H,3-10H2,1-2H3,(H2,16,17). The first-order chi connectivity index (χ1) is 9.49. The lowest BCUT2D eigenvalue weighted by molar-refractivity contribution is -0.136. The molecule has 5 nitrogen and oxygen atoms in total. The predicted octanol–water partition coefficient (Wildman–Crippen LogP) is 2.19. The van der Waals surface area contributed by atoms with E-state index in [0.717, 1.165) is 25.9 Å². The van der Waals surface area contributed by atoms with Crippen molar-refractivity contribution in [2.75, 3.05) is 13.1 Å². The van der Waals surface area contributed by atoms with Crippen molar-refractivity contribution in [3.63, 3.8) is 0 Å². The zero-order valence-electron chi connectivity index (χ0n) is 12.6. The molecule has 5 heteroatoms. The van der Waals surface area contributed by atoms with E-state index >= 15 is 0 Å². The number of nitrogens with two attached hydrogens (primary N) is 1. The molecule has 0 aromatic heterocycles. The Kier molecular flexibility index (Phi) is 4.55. The Bertz CT molecular complexity index is 377. The Morgan fingerprint density at radius 3 is 2.20 bits per heavy atom. The van der Waals surface area contributed by atoms with E-state index in [2.05, 4.69) is 5.16 Å². The van der Waals surface area contributed by atoms with Crippen molar-refractivity contribution in [2.24, 2.45) is 28.1 Å². The monoisotopic (exact) mass is 281 g/mol. The quantitative estimate of drug-likeness (QED) is 0.360. The molecule has 2 rings (SSSR count). The number of oxime groups is 1. The third-order valence-corrected chi connectivity index (χ3v) is 5.17. The maximum Gasteiger partial charge on any atom is 0.233 e. The summed E-state index contributed by atoms with van der Waals surface area (Å²) in [5, 5.41) is 11.9. The number of hydrogen-bond acceptors (Lipinski definition) is 3. The number of amidine groups is 1. The molecule has 20 heavy (non-hydrogen) atoms. The third kappa shape index (κ3) is 2.91. The van der Waals surface area contributed by atoms with Crippen LogP contribution < -0.4 is 5.73 Å². The first-order valence-electron chi connectivity index (χ1n) is 7.75. The van der Waals surface area contributed by atoms with Crippen LogP contribution in [0.1, 0.15) is 52.4 Å². The lowest BCUT2D eigenvalue weighted by Crippen LogP contribution is -2.49. The number of amides is 1. The van der Waals surface area contributed by atoms with Crippen LogP contribution in [0.4, 0.5) is 0 Å². The van der Waals surface area contributed by atoms with Crippen molar-refractivity contribution >= 4 is 11.7 Å². The second kappa shape index (κ2) is 6.02. The molecule has 2 fully saturated rings. The van der Waals surface area contributed by atoms with E-state index in [0.29, 0.717) is 5.41 Å². The van der Waals surface area contributed by atoms with Gasteiger partial charge in [0.05, 0.1) is 0 Å². The second-order valence-electron chi connectivity index (χ2n) is 6.78. The largest absolute Gasteiger partial charge is 0.409 e. The van der Waals surface area contributed by atoms with Gasteiger partial charge in [-0.1, -0.05) is 31.8 Å². The molecule has 1 saturated carbocycles. The van der Waals surface area contributed by atoms with Crippen LogP contribution in [-0.2, 0) is 4.79 Å². The molecular formula is C15H27N3O2. The summed E-state index contributed by atoms with van der Waals surface area (Å²) in [6.07, 6.45) is 7.55. The minimum atomic E-state index is -0.502. The normalized spacial score (nSPS) is 24.4. The van der Waals surface area contributed by atoms with E-state index in [-0.39, 0.29) is 17.7 Å². The first-order valence-corrected chi connectivity index (χ1v) is 7.75. The topological polar surface area (TPSA) is 78.9 Å².